The van der Waals surface area contributed by atoms with Gasteiger partial charge in [-0.15, -0.1) is 0 Å². The van der Waals surface area contributed by atoms with E-state index >= 15 is 0 Å². The van der Waals surface area contributed by atoms with Crippen molar-refractivity contribution >= 4 is 17.4 Å². The van der Waals surface area contributed by atoms with Crippen molar-refractivity contribution in [3.63, 3.8) is 0 Å². The van der Waals surface area contributed by atoms with Crippen LogP contribution in [0.5, 0.6) is 17.2 Å². The van der Waals surface area contributed by atoms with Crippen LogP contribution in [-0.2, 0) is 9.59 Å². The molecule has 1 amide bonds. The van der Waals surface area contributed by atoms with E-state index in [1.807, 2.05) is 6.92 Å². The lowest BCUT2D eigenvalue weighted by Crippen LogP contribution is -2.38. The predicted octanol–water partition coefficient (Wildman–Crippen LogP) is 3.78. The van der Waals surface area contributed by atoms with Crippen LogP contribution in [0.25, 0.3) is 5.76 Å². The van der Waals surface area contributed by atoms with Crippen LogP contribution in [-0.4, -0.2) is 74.1 Å². The van der Waals surface area contributed by atoms with Crippen molar-refractivity contribution in [3.05, 3.63) is 58.7 Å². The number of benzene rings is 2. The largest absolute Gasteiger partial charge is 0.507 e. The number of aliphatic hydroxyl groups excluding tert-OH is 1. The average molecular weight is 483 g/mol. The molecule has 0 aromatic heterocycles. The lowest BCUT2D eigenvalue weighted by molar-refractivity contribution is -0.140. The summed E-state index contributed by atoms with van der Waals surface area (Å²) in [5.41, 5.74) is 1.89. The highest BCUT2D eigenvalue weighted by molar-refractivity contribution is 6.46. The molecular formula is C27H34N2O6. The van der Waals surface area contributed by atoms with Crippen molar-refractivity contribution in [1.29, 1.82) is 0 Å². The molecule has 0 saturated carbocycles. The van der Waals surface area contributed by atoms with E-state index in [-0.39, 0.29) is 11.3 Å². The van der Waals surface area contributed by atoms with Crippen molar-refractivity contribution < 1.29 is 28.9 Å². The SMILES string of the molecule is CCN(CC)CCN1C(=O)C(=O)/C(=C(/O)c2ccc(OC)cc2C)[C@@H]1c1ccc(OC)c(OC)c1. The fourth-order valence-electron chi connectivity index (χ4n) is 4.44. The number of Topliss-reactive ketones (excluding diaryl/α,β-unsaturated/α-hetero) is 1. The van der Waals surface area contributed by atoms with Gasteiger partial charge in [-0.25, -0.2) is 0 Å². The number of carbonyl (C=O) groups excluding carboxylic acids is 2. The Labute approximate surface area is 206 Å². The maximum atomic E-state index is 13.3. The molecule has 1 N–H and O–H groups in total. The summed E-state index contributed by atoms with van der Waals surface area (Å²) in [7, 11) is 4.63. The Kier molecular flexibility index (Phi) is 8.40. The molecule has 1 fully saturated rings. The molecule has 1 saturated heterocycles. The van der Waals surface area contributed by atoms with E-state index in [0.717, 1.165) is 18.7 Å². The van der Waals surface area contributed by atoms with Gasteiger partial charge < -0.3 is 29.1 Å². The van der Waals surface area contributed by atoms with E-state index in [0.29, 0.717) is 41.5 Å². The standard InChI is InChI=1S/C27H34N2O6/c1-7-28(8-2)13-14-29-24(18-9-12-21(34-5)22(16-18)35-6)23(26(31)27(29)32)25(30)20-11-10-19(33-4)15-17(20)3/h9-12,15-16,24,30H,7-8,13-14H2,1-6H3/b25-23+/t24-/m0/s1. The lowest BCUT2D eigenvalue weighted by atomic mass is 9.93. The number of methoxy groups -OCH3 is 3. The van der Waals surface area contributed by atoms with Gasteiger partial charge in [0.2, 0.25) is 0 Å². The summed E-state index contributed by atoms with van der Waals surface area (Å²) in [6, 6.07) is 9.67. The number of ketones is 1. The number of nitrogens with zero attached hydrogens (tertiary/aromatic N) is 2. The van der Waals surface area contributed by atoms with Gasteiger partial charge in [-0.1, -0.05) is 19.9 Å². The zero-order chi connectivity index (χ0) is 25.7. The van der Waals surface area contributed by atoms with Crippen molar-refractivity contribution in [2.75, 3.05) is 47.5 Å². The summed E-state index contributed by atoms with van der Waals surface area (Å²) < 4.78 is 16.1. The van der Waals surface area contributed by atoms with Crippen LogP contribution in [0.1, 0.15) is 36.6 Å². The second-order valence-electron chi connectivity index (χ2n) is 8.31. The maximum Gasteiger partial charge on any atom is 0.295 e. The van der Waals surface area contributed by atoms with Gasteiger partial charge in [0.15, 0.2) is 11.5 Å². The van der Waals surface area contributed by atoms with Gasteiger partial charge in [-0.3, -0.25) is 9.59 Å². The molecule has 188 valence electrons. The zero-order valence-electron chi connectivity index (χ0n) is 21.3. The average Bonchev–Trinajstić information content (AvgIpc) is 3.13. The van der Waals surface area contributed by atoms with Crippen LogP contribution in [0.2, 0.25) is 0 Å². The molecule has 1 aliphatic heterocycles. The fourth-order valence-corrected chi connectivity index (χ4v) is 4.44. The molecule has 8 nitrogen and oxygen atoms in total. The molecule has 2 aromatic carbocycles. The zero-order valence-corrected chi connectivity index (χ0v) is 21.3. The van der Waals surface area contributed by atoms with Crippen LogP contribution in [0.4, 0.5) is 0 Å². The van der Waals surface area contributed by atoms with E-state index in [4.69, 9.17) is 14.2 Å². The smallest absolute Gasteiger partial charge is 0.295 e. The number of aryl methyl sites for hydroxylation is 1. The number of aliphatic hydroxyl groups is 1. The minimum absolute atomic E-state index is 0.0510. The highest BCUT2D eigenvalue weighted by Gasteiger charge is 2.46. The first-order chi connectivity index (χ1) is 16.8. The summed E-state index contributed by atoms with van der Waals surface area (Å²) in [5, 5.41) is 11.4. The number of hydrogen-bond acceptors (Lipinski definition) is 7. The van der Waals surface area contributed by atoms with Crippen LogP contribution < -0.4 is 14.2 Å². The Morgan fingerprint density at radius 1 is 0.971 bits per heavy atom. The van der Waals surface area contributed by atoms with Gasteiger partial charge in [-0.05, 0) is 61.5 Å². The predicted molar refractivity (Wildman–Crippen MR) is 134 cm³/mol. The summed E-state index contributed by atoms with van der Waals surface area (Å²) in [4.78, 5) is 30.2. The highest BCUT2D eigenvalue weighted by Crippen LogP contribution is 2.42. The molecule has 2 aromatic rings. The van der Waals surface area contributed by atoms with Crippen LogP contribution >= 0.6 is 0 Å². The number of ether oxygens (including phenoxy) is 3. The number of likely N-dealkylation sites (tertiary alicyclic amines) is 1. The lowest BCUT2D eigenvalue weighted by Gasteiger charge is -2.28. The van der Waals surface area contributed by atoms with Crippen molar-refractivity contribution in [2.24, 2.45) is 0 Å². The van der Waals surface area contributed by atoms with E-state index in [2.05, 4.69) is 18.7 Å². The first-order valence-electron chi connectivity index (χ1n) is 11.7. The van der Waals surface area contributed by atoms with E-state index in [9.17, 15) is 14.7 Å². The Morgan fingerprint density at radius 3 is 2.23 bits per heavy atom. The number of rotatable bonds is 10. The summed E-state index contributed by atoms with van der Waals surface area (Å²) in [5.74, 6) is 0.0767. The first-order valence-corrected chi connectivity index (χ1v) is 11.7. The van der Waals surface area contributed by atoms with Crippen molar-refractivity contribution in [2.45, 2.75) is 26.8 Å². The van der Waals surface area contributed by atoms with E-state index < -0.39 is 17.7 Å². The van der Waals surface area contributed by atoms with Gasteiger partial charge in [0.1, 0.15) is 11.5 Å². The number of hydrogen-bond donors (Lipinski definition) is 1. The van der Waals surface area contributed by atoms with Gasteiger partial charge >= 0.3 is 0 Å². The quantitative estimate of drug-likeness (QED) is 0.313. The van der Waals surface area contributed by atoms with Gasteiger partial charge in [-0.2, -0.15) is 0 Å². The minimum atomic E-state index is -0.771. The molecule has 3 rings (SSSR count). The molecule has 0 aliphatic carbocycles. The molecule has 8 heteroatoms. The van der Waals surface area contributed by atoms with E-state index in [1.54, 1.807) is 50.6 Å². The first kappa shape index (κ1) is 26.1. The molecule has 35 heavy (non-hydrogen) atoms. The van der Waals surface area contributed by atoms with Crippen molar-refractivity contribution in [1.82, 2.24) is 9.80 Å². The number of amides is 1. The Hall–Kier alpha value is -3.52. The van der Waals surface area contributed by atoms with Crippen molar-refractivity contribution in [3.8, 4) is 17.2 Å². The molecule has 1 aliphatic rings. The van der Waals surface area contributed by atoms with Gasteiger partial charge in [0.25, 0.3) is 11.7 Å². The molecule has 0 radical (unpaired) electrons. The highest BCUT2D eigenvalue weighted by atomic mass is 16.5. The normalized spacial score (nSPS) is 17.2. The molecule has 1 heterocycles. The van der Waals surface area contributed by atoms with Gasteiger partial charge in [0.05, 0.1) is 32.9 Å². The van der Waals surface area contributed by atoms with Crippen LogP contribution in [0, 0.1) is 6.92 Å². The summed E-state index contributed by atoms with van der Waals surface area (Å²) >= 11 is 0. The fraction of sp³-hybridized carbons (Fsp3) is 0.407. The Balaban J connectivity index is 2.18. The molecule has 1 atom stereocenters. The van der Waals surface area contributed by atoms with Crippen LogP contribution in [0.3, 0.4) is 0 Å². The third-order valence-electron chi connectivity index (χ3n) is 6.50. The molecule has 0 bridgehead atoms. The number of likely N-dealkylation sites (N-methyl/N-ethyl adjacent to an activating group) is 1. The number of carbonyl (C=O) groups is 2. The summed E-state index contributed by atoms with van der Waals surface area (Å²) in [6.45, 7) is 8.51. The molecular weight excluding hydrogens is 448 g/mol. The second-order valence-corrected chi connectivity index (χ2v) is 8.31. The monoisotopic (exact) mass is 482 g/mol. The van der Waals surface area contributed by atoms with E-state index in [1.165, 1.54) is 12.0 Å². The molecule has 0 spiro atoms. The molecule has 0 unspecified atom stereocenters. The Bertz CT molecular complexity index is 1120. The maximum absolute atomic E-state index is 13.3. The topological polar surface area (TPSA) is 88.5 Å². The van der Waals surface area contributed by atoms with Gasteiger partial charge in [0, 0.05) is 18.7 Å². The Morgan fingerprint density at radius 2 is 1.66 bits per heavy atom. The summed E-state index contributed by atoms with van der Waals surface area (Å²) in [6.07, 6.45) is 0. The third kappa shape index (κ3) is 5.12. The minimum Gasteiger partial charge on any atom is -0.507 e. The second kappa shape index (κ2) is 11.3. The third-order valence-corrected chi connectivity index (χ3v) is 6.50. The van der Waals surface area contributed by atoms with Crippen LogP contribution in [0.15, 0.2) is 42.0 Å².